The van der Waals surface area contributed by atoms with Crippen LogP contribution in [0.2, 0.25) is 0 Å². The first kappa shape index (κ1) is 16.9. The Morgan fingerprint density at radius 2 is 1.96 bits per heavy atom. The lowest BCUT2D eigenvalue weighted by molar-refractivity contribution is -0.384. The molecule has 1 aromatic carbocycles. The van der Waals surface area contributed by atoms with E-state index in [4.69, 9.17) is 4.42 Å². The van der Waals surface area contributed by atoms with Crippen molar-refractivity contribution in [1.29, 1.82) is 0 Å². The second-order valence-electron chi connectivity index (χ2n) is 5.37. The van der Waals surface area contributed by atoms with Crippen LogP contribution < -0.4 is 0 Å². The molecule has 0 N–H and O–H groups in total. The normalized spacial score (nSPS) is 10.6. The van der Waals surface area contributed by atoms with Crippen LogP contribution in [0.15, 0.2) is 58.3 Å². The van der Waals surface area contributed by atoms with Gasteiger partial charge in [0.1, 0.15) is 5.76 Å². The summed E-state index contributed by atoms with van der Waals surface area (Å²) in [6.07, 6.45) is 0. The molecule has 25 heavy (non-hydrogen) atoms. The first-order chi connectivity index (χ1) is 12.1. The van der Waals surface area contributed by atoms with Crippen molar-refractivity contribution in [2.75, 3.05) is 6.54 Å². The van der Waals surface area contributed by atoms with Gasteiger partial charge in [-0.25, -0.2) is 0 Å². The summed E-state index contributed by atoms with van der Waals surface area (Å²) < 4.78 is 5.68. The molecule has 128 valence electrons. The maximum atomic E-state index is 12.6. The van der Waals surface area contributed by atoms with Gasteiger partial charge in [0, 0.05) is 29.1 Å². The zero-order valence-electron chi connectivity index (χ0n) is 13.5. The van der Waals surface area contributed by atoms with E-state index in [1.807, 2.05) is 24.4 Å². The van der Waals surface area contributed by atoms with Crippen molar-refractivity contribution in [3.8, 4) is 11.3 Å². The first-order valence-electron chi connectivity index (χ1n) is 7.75. The quantitative estimate of drug-likeness (QED) is 0.478. The minimum absolute atomic E-state index is 0.0136. The van der Waals surface area contributed by atoms with Crippen molar-refractivity contribution in [2.45, 2.75) is 13.5 Å². The highest BCUT2D eigenvalue weighted by atomic mass is 32.1. The molecule has 3 aromatic rings. The number of non-ortho nitro benzene ring substituents is 1. The second kappa shape index (κ2) is 7.31. The fraction of sp³-hybridized carbons (Fsp3) is 0.167. The fourth-order valence-electron chi connectivity index (χ4n) is 2.43. The highest BCUT2D eigenvalue weighted by Gasteiger charge is 2.19. The van der Waals surface area contributed by atoms with Gasteiger partial charge < -0.3 is 9.32 Å². The SMILES string of the molecule is CCN(Cc1cccs1)C(=O)c1ccc(-c2ccc([N+](=O)[O-])cc2)o1. The summed E-state index contributed by atoms with van der Waals surface area (Å²) >= 11 is 1.61. The van der Waals surface area contributed by atoms with Gasteiger partial charge in [-0.3, -0.25) is 14.9 Å². The number of nitro groups is 1. The molecular formula is C18H16N2O4S. The average molecular weight is 356 g/mol. The second-order valence-corrected chi connectivity index (χ2v) is 6.40. The standard InChI is InChI=1S/C18H16N2O4S/c1-2-19(12-15-4-3-11-25-15)18(21)17-10-9-16(24-17)13-5-7-14(8-6-13)20(22)23/h3-11H,2,12H2,1H3. The molecule has 7 heteroatoms. The van der Waals surface area contributed by atoms with Gasteiger partial charge in [0.2, 0.25) is 0 Å². The Kier molecular flexibility index (Phi) is 4.95. The van der Waals surface area contributed by atoms with E-state index in [2.05, 4.69) is 0 Å². The van der Waals surface area contributed by atoms with Crippen LogP contribution in [-0.4, -0.2) is 22.3 Å². The van der Waals surface area contributed by atoms with Crippen LogP contribution in [0.25, 0.3) is 11.3 Å². The Labute approximate surface area is 148 Å². The molecule has 3 rings (SSSR count). The van der Waals surface area contributed by atoms with Crippen molar-refractivity contribution in [1.82, 2.24) is 4.90 Å². The van der Waals surface area contributed by atoms with Crippen molar-refractivity contribution in [3.63, 3.8) is 0 Å². The van der Waals surface area contributed by atoms with E-state index < -0.39 is 4.92 Å². The molecule has 0 aliphatic carbocycles. The summed E-state index contributed by atoms with van der Waals surface area (Å²) in [7, 11) is 0. The van der Waals surface area contributed by atoms with E-state index in [0.29, 0.717) is 24.4 Å². The first-order valence-corrected chi connectivity index (χ1v) is 8.62. The molecule has 0 radical (unpaired) electrons. The monoisotopic (exact) mass is 356 g/mol. The van der Waals surface area contributed by atoms with Crippen LogP contribution in [0, 0.1) is 10.1 Å². The Morgan fingerprint density at radius 3 is 2.56 bits per heavy atom. The third-order valence-corrected chi connectivity index (χ3v) is 4.64. The number of hydrogen-bond donors (Lipinski definition) is 0. The zero-order valence-corrected chi connectivity index (χ0v) is 14.4. The predicted octanol–water partition coefficient (Wildman–Crippen LogP) is 4.58. The number of carbonyl (C=O) groups excluding carboxylic acids is 1. The lowest BCUT2D eigenvalue weighted by Crippen LogP contribution is -2.29. The van der Waals surface area contributed by atoms with Crippen molar-refractivity contribution in [2.24, 2.45) is 0 Å². The van der Waals surface area contributed by atoms with Crippen LogP contribution in [0.1, 0.15) is 22.4 Å². The maximum absolute atomic E-state index is 12.6. The lowest BCUT2D eigenvalue weighted by atomic mass is 10.1. The van der Waals surface area contributed by atoms with Crippen LogP contribution >= 0.6 is 11.3 Å². The van der Waals surface area contributed by atoms with E-state index in [9.17, 15) is 14.9 Å². The molecule has 0 saturated heterocycles. The minimum atomic E-state index is -0.454. The summed E-state index contributed by atoms with van der Waals surface area (Å²) in [4.78, 5) is 25.7. The highest BCUT2D eigenvalue weighted by molar-refractivity contribution is 7.09. The molecule has 0 atom stereocenters. The van der Waals surface area contributed by atoms with Crippen molar-refractivity contribution in [3.05, 3.63) is 74.7 Å². The van der Waals surface area contributed by atoms with E-state index in [0.717, 1.165) is 4.88 Å². The Bertz CT molecular complexity index is 869. The number of rotatable bonds is 6. The molecule has 1 amide bonds. The van der Waals surface area contributed by atoms with E-state index in [1.165, 1.54) is 12.1 Å². The Hall–Kier alpha value is -2.93. The van der Waals surface area contributed by atoms with Gasteiger partial charge in [-0.2, -0.15) is 0 Å². The molecular weight excluding hydrogens is 340 g/mol. The Morgan fingerprint density at radius 1 is 1.20 bits per heavy atom. The van der Waals surface area contributed by atoms with Crippen LogP contribution in [-0.2, 0) is 6.54 Å². The minimum Gasteiger partial charge on any atom is -0.451 e. The highest BCUT2D eigenvalue weighted by Crippen LogP contribution is 2.25. The number of carbonyl (C=O) groups is 1. The summed E-state index contributed by atoms with van der Waals surface area (Å²) in [5.41, 5.74) is 0.700. The van der Waals surface area contributed by atoms with Crippen LogP contribution in [0.4, 0.5) is 5.69 Å². The van der Waals surface area contributed by atoms with Gasteiger partial charge in [-0.1, -0.05) is 6.07 Å². The lowest BCUT2D eigenvalue weighted by Gasteiger charge is -2.18. The zero-order chi connectivity index (χ0) is 17.8. The molecule has 0 fully saturated rings. The van der Waals surface area contributed by atoms with Gasteiger partial charge in [0.15, 0.2) is 5.76 Å². The topological polar surface area (TPSA) is 76.6 Å². The average Bonchev–Trinajstić information content (AvgIpc) is 3.31. The van der Waals surface area contributed by atoms with E-state index in [-0.39, 0.29) is 17.4 Å². The van der Waals surface area contributed by atoms with Gasteiger partial charge >= 0.3 is 0 Å². The van der Waals surface area contributed by atoms with Crippen LogP contribution in [0.3, 0.4) is 0 Å². The van der Waals surface area contributed by atoms with Gasteiger partial charge in [0.25, 0.3) is 11.6 Å². The maximum Gasteiger partial charge on any atom is 0.289 e. The number of furan rings is 1. The number of amides is 1. The molecule has 0 spiro atoms. The number of benzene rings is 1. The molecule has 0 saturated carbocycles. The molecule has 0 unspecified atom stereocenters. The summed E-state index contributed by atoms with van der Waals surface area (Å²) in [5.74, 6) is 0.584. The predicted molar refractivity (Wildman–Crippen MR) is 95.5 cm³/mol. The summed E-state index contributed by atoms with van der Waals surface area (Å²) in [6.45, 7) is 3.04. The number of thiophene rings is 1. The third kappa shape index (κ3) is 3.77. The largest absolute Gasteiger partial charge is 0.451 e. The summed E-state index contributed by atoms with van der Waals surface area (Å²) in [5, 5.41) is 12.7. The summed E-state index contributed by atoms with van der Waals surface area (Å²) in [6, 6.07) is 13.3. The van der Waals surface area contributed by atoms with Gasteiger partial charge in [-0.05, 0) is 42.6 Å². The molecule has 2 heterocycles. The molecule has 0 bridgehead atoms. The van der Waals surface area contributed by atoms with E-state index in [1.54, 1.807) is 40.5 Å². The number of hydrogen-bond acceptors (Lipinski definition) is 5. The number of nitrogens with zero attached hydrogens (tertiary/aromatic N) is 2. The molecule has 2 aromatic heterocycles. The molecule has 0 aliphatic rings. The van der Waals surface area contributed by atoms with Gasteiger partial charge in [-0.15, -0.1) is 11.3 Å². The van der Waals surface area contributed by atoms with Crippen molar-refractivity contribution < 1.29 is 14.1 Å². The third-order valence-electron chi connectivity index (χ3n) is 3.78. The molecule has 0 aliphatic heterocycles. The van der Waals surface area contributed by atoms with Crippen LogP contribution in [0.5, 0.6) is 0 Å². The van der Waals surface area contributed by atoms with Gasteiger partial charge in [0.05, 0.1) is 11.5 Å². The van der Waals surface area contributed by atoms with Crippen molar-refractivity contribution >= 4 is 22.9 Å². The Balaban J connectivity index is 1.77. The van der Waals surface area contributed by atoms with E-state index >= 15 is 0 Å². The number of nitro benzene ring substituents is 1. The molecule has 6 nitrogen and oxygen atoms in total. The fourth-order valence-corrected chi connectivity index (χ4v) is 3.15. The smallest absolute Gasteiger partial charge is 0.289 e.